The number of halogens is 1. The number of aliphatic hydroxyl groups excluding tert-OH is 2. The van der Waals surface area contributed by atoms with Crippen LogP contribution >= 0.6 is 6.72 Å². The summed E-state index contributed by atoms with van der Waals surface area (Å²) in [5.74, 6) is 0.208. The Morgan fingerprint density at radius 1 is 1.23 bits per heavy atom. The van der Waals surface area contributed by atoms with Crippen molar-refractivity contribution in [1.82, 2.24) is 34.1 Å². The summed E-state index contributed by atoms with van der Waals surface area (Å²) in [4.78, 5) is 41.5. The Morgan fingerprint density at radius 2 is 2.05 bits per heavy atom. The third kappa shape index (κ3) is 4.80. The topological polar surface area (TPSA) is 218 Å². The Kier molecular flexibility index (Phi) is 7.14. The number of H-pyrrole nitrogens is 1. The van der Waals surface area contributed by atoms with Gasteiger partial charge in [0.05, 0.1) is 37.4 Å². The molecular formula is C21H24FN8O8PS. The number of aromatic amines is 1. The highest BCUT2D eigenvalue weighted by Gasteiger charge is 2.47. The molecule has 40 heavy (non-hydrogen) atoms. The van der Waals surface area contributed by atoms with Crippen LogP contribution < -0.4 is 11.3 Å². The van der Waals surface area contributed by atoms with Crippen molar-refractivity contribution in [3.63, 3.8) is 0 Å². The average Bonchev–Trinajstić information content (AvgIpc) is 3.69. The zero-order chi connectivity index (χ0) is 28.2. The van der Waals surface area contributed by atoms with Crippen molar-refractivity contribution in [3.05, 3.63) is 41.6 Å². The van der Waals surface area contributed by atoms with Crippen molar-refractivity contribution < 1.29 is 38.0 Å². The summed E-state index contributed by atoms with van der Waals surface area (Å²) in [5, 5.41) is 20.7. The van der Waals surface area contributed by atoms with Crippen LogP contribution in [0.5, 0.6) is 0 Å². The van der Waals surface area contributed by atoms with Crippen LogP contribution in [-0.4, -0.2) is 93.0 Å². The predicted molar refractivity (Wildman–Crippen MR) is 138 cm³/mol. The molecule has 16 nitrogen and oxygen atoms in total. The van der Waals surface area contributed by atoms with E-state index in [9.17, 15) is 19.9 Å². The van der Waals surface area contributed by atoms with Crippen LogP contribution in [0.3, 0.4) is 0 Å². The van der Waals surface area contributed by atoms with E-state index >= 15 is 4.39 Å². The van der Waals surface area contributed by atoms with Gasteiger partial charge in [0.1, 0.15) is 36.1 Å². The third-order valence-corrected chi connectivity index (χ3v) is 8.35. The number of fused-ring (bicyclic) bond motifs is 2. The predicted octanol–water partition coefficient (Wildman–Crippen LogP) is -0.359. The fraction of sp³-hybridized carbons (Fsp3) is 0.476. The first kappa shape index (κ1) is 27.3. The minimum atomic E-state index is -4.02. The Labute approximate surface area is 228 Å². The second-order valence-electron chi connectivity index (χ2n) is 9.25. The van der Waals surface area contributed by atoms with Crippen molar-refractivity contribution >= 4 is 46.5 Å². The van der Waals surface area contributed by atoms with E-state index in [4.69, 9.17) is 36.1 Å². The van der Waals surface area contributed by atoms with Crippen LogP contribution in [0.25, 0.3) is 22.2 Å². The molecule has 0 aliphatic carbocycles. The fourth-order valence-corrected chi connectivity index (χ4v) is 6.30. The third-order valence-electron chi connectivity index (χ3n) is 6.77. The maximum Gasteiger partial charge on any atom is 0.325 e. The summed E-state index contributed by atoms with van der Waals surface area (Å²) in [6, 6.07) is 1.60. The van der Waals surface area contributed by atoms with Gasteiger partial charge < -0.3 is 48.9 Å². The SMILES string of the molecule is Nc1ncnc2c1ccn2[C@@H]1O[C@H](COP(O)(=S)O[C@@H]2C[C@@H](CO)O[C@H]2n2cnc3c(=O)[nH]cnc32)[C@@H](O)[C@@H]1F. The smallest absolute Gasteiger partial charge is 0.325 e. The summed E-state index contributed by atoms with van der Waals surface area (Å²) >= 11 is 5.18. The van der Waals surface area contributed by atoms with Gasteiger partial charge in [0.2, 0.25) is 0 Å². The molecule has 1 unspecified atom stereocenters. The first-order valence-corrected chi connectivity index (χ1v) is 14.6. The summed E-state index contributed by atoms with van der Waals surface area (Å²) in [6.07, 6.45) is -3.10. The molecular weight excluding hydrogens is 574 g/mol. The Hall–Kier alpha value is -2.93. The number of alkyl halides is 1. The number of ether oxygens (including phenoxy) is 2. The number of rotatable bonds is 8. The van der Waals surface area contributed by atoms with Gasteiger partial charge in [-0.15, -0.1) is 0 Å². The van der Waals surface area contributed by atoms with Gasteiger partial charge >= 0.3 is 6.72 Å². The van der Waals surface area contributed by atoms with E-state index in [-0.39, 0.29) is 30.0 Å². The average molecular weight is 599 g/mol. The first-order valence-electron chi connectivity index (χ1n) is 12.0. The number of nitrogens with zero attached hydrogens (tertiary/aromatic N) is 6. The molecule has 2 aliphatic rings. The molecule has 0 bridgehead atoms. The lowest BCUT2D eigenvalue weighted by atomic mass is 10.1. The van der Waals surface area contributed by atoms with Gasteiger partial charge in [-0.05, 0) is 17.9 Å². The highest BCUT2D eigenvalue weighted by Crippen LogP contribution is 2.50. The van der Waals surface area contributed by atoms with Gasteiger partial charge in [0, 0.05) is 12.6 Å². The molecule has 2 fully saturated rings. The molecule has 0 saturated carbocycles. The standard InChI is InChI=1S/C21H24FN8O8PS/c22-13-15(32)12(37-21(13)29-2-1-10-16(23)24-6-25-17(10)29)5-35-39(34,40)38-11-3-9(4-31)36-20(11)30-8-28-14-18(30)26-7-27-19(14)33/h1-2,6-9,11-13,15,20-21,31-32H,3-5H2,(H,34,40)(H2,23,24,25)(H,26,27,33)/t9-,11+,12+,13-,15+,20+,21+,39?/m0/s1. The normalized spacial score (nSPS) is 30.4. The minimum Gasteiger partial charge on any atom is -0.394 e. The number of nitrogens with one attached hydrogen (secondary N) is 1. The number of anilines is 1. The lowest BCUT2D eigenvalue weighted by Gasteiger charge is -2.25. The van der Waals surface area contributed by atoms with E-state index in [1.807, 2.05) is 0 Å². The zero-order valence-corrected chi connectivity index (χ0v) is 22.1. The molecule has 0 spiro atoms. The van der Waals surface area contributed by atoms with E-state index in [2.05, 4.69) is 24.9 Å². The monoisotopic (exact) mass is 598 g/mol. The van der Waals surface area contributed by atoms with Gasteiger partial charge in [-0.2, -0.15) is 0 Å². The van der Waals surface area contributed by atoms with E-state index in [0.29, 0.717) is 11.0 Å². The molecule has 19 heteroatoms. The van der Waals surface area contributed by atoms with Crippen molar-refractivity contribution in [3.8, 4) is 0 Å². The Morgan fingerprint density at radius 3 is 2.85 bits per heavy atom. The maximum atomic E-state index is 15.1. The number of nitrogens with two attached hydrogens (primary N) is 1. The Balaban J connectivity index is 1.16. The first-order chi connectivity index (χ1) is 19.2. The molecule has 214 valence electrons. The van der Waals surface area contributed by atoms with E-state index < -0.39 is 61.9 Å². The van der Waals surface area contributed by atoms with E-state index in [0.717, 1.165) is 0 Å². The molecule has 0 radical (unpaired) electrons. The highest BCUT2D eigenvalue weighted by atomic mass is 32.5. The molecule has 0 aromatic carbocycles. The maximum absolute atomic E-state index is 15.1. The van der Waals surface area contributed by atoms with E-state index in [1.165, 1.54) is 34.3 Å². The molecule has 6 heterocycles. The van der Waals surface area contributed by atoms with Crippen LogP contribution in [0.2, 0.25) is 0 Å². The summed E-state index contributed by atoms with van der Waals surface area (Å²) in [7, 11) is 0. The summed E-state index contributed by atoms with van der Waals surface area (Å²) in [6.45, 7) is -4.86. The molecule has 2 saturated heterocycles. The van der Waals surface area contributed by atoms with Crippen molar-refractivity contribution in [2.75, 3.05) is 18.9 Å². The summed E-state index contributed by atoms with van der Waals surface area (Å²) < 4.78 is 40.7. The van der Waals surface area contributed by atoms with Gasteiger partial charge in [-0.25, -0.2) is 24.3 Å². The minimum absolute atomic E-state index is 0.0595. The number of hydrogen-bond acceptors (Lipinski definition) is 13. The fourth-order valence-electron chi connectivity index (χ4n) is 4.85. The van der Waals surface area contributed by atoms with Gasteiger partial charge in [0.15, 0.2) is 29.8 Å². The Bertz CT molecular complexity index is 1650. The summed E-state index contributed by atoms with van der Waals surface area (Å²) in [5.41, 5.74) is 5.96. The second-order valence-corrected chi connectivity index (χ2v) is 12.0. The molecule has 0 amide bonds. The lowest BCUT2D eigenvalue weighted by molar-refractivity contribution is -0.0551. The van der Waals surface area contributed by atoms with Crippen molar-refractivity contribution in [2.45, 2.75) is 49.5 Å². The zero-order valence-electron chi connectivity index (χ0n) is 20.4. The quantitative estimate of drug-likeness (QED) is 0.164. The number of hydrogen-bond donors (Lipinski definition) is 5. The van der Waals surface area contributed by atoms with Crippen molar-refractivity contribution in [1.29, 1.82) is 0 Å². The molecule has 4 aromatic heterocycles. The number of nitrogen functional groups attached to an aromatic ring is 1. The van der Waals surface area contributed by atoms with Crippen LogP contribution in [0.1, 0.15) is 18.9 Å². The van der Waals surface area contributed by atoms with Gasteiger partial charge in [-0.3, -0.25) is 9.36 Å². The lowest BCUT2D eigenvalue weighted by Crippen LogP contribution is -2.31. The largest absolute Gasteiger partial charge is 0.394 e. The number of imidazole rings is 1. The molecule has 8 atom stereocenters. The highest BCUT2D eigenvalue weighted by molar-refractivity contribution is 8.07. The number of aliphatic hydroxyl groups is 2. The number of aromatic nitrogens is 7. The molecule has 4 aromatic rings. The van der Waals surface area contributed by atoms with Gasteiger partial charge in [-0.1, -0.05) is 0 Å². The molecule has 2 aliphatic heterocycles. The van der Waals surface area contributed by atoms with Crippen LogP contribution in [0.4, 0.5) is 10.2 Å². The van der Waals surface area contributed by atoms with E-state index in [1.54, 1.807) is 6.07 Å². The second kappa shape index (κ2) is 10.5. The van der Waals surface area contributed by atoms with Crippen molar-refractivity contribution in [2.24, 2.45) is 0 Å². The van der Waals surface area contributed by atoms with Gasteiger partial charge in [0.25, 0.3) is 5.56 Å². The molecule has 6 N–H and O–H groups in total. The molecule has 6 rings (SSSR count). The van der Waals surface area contributed by atoms with Crippen LogP contribution in [0.15, 0.2) is 36.0 Å². The van der Waals surface area contributed by atoms with Crippen LogP contribution in [0, 0.1) is 0 Å². The van der Waals surface area contributed by atoms with Crippen LogP contribution in [-0.2, 0) is 30.3 Å².